The zero-order valence-electron chi connectivity index (χ0n) is 10.9. The molecule has 3 rings (SSSR count). The highest BCUT2D eigenvalue weighted by Gasteiger charge is 2.13. The number of benzene rings is 2. The first-order chi connectivity index (χ1) is 10.2. The summed E-state index contributed by atoms with van der Waals surface area (Å²) in [6.07, 6.45) is 1.96. The molecule has 4 nitrogen and oxygen atoms in total. The Kier molecular flexibility index (Phi) is 4.14. The average Bonchev–Trinajstić information content (AvgIpc) is 2.95. The molecule has 1 heterocycles. The Bertz CT molecular complexity index is 817. The van der Waals surface area contributed by atoms with Crippen molar-refractivity contribution in [3.05, 3.63) is 42.0 Å². The molecule has 1 aromatic heterocycles. The molecule has 0 radical (unpaired) electrons. The fraction of sp³-hybridized carbons (Fsp3) is 0.0714. The van der Waals surface area contributed by atoms with Gasteiger partial charge in [-0.15, -0.1) is 10.2 Å². The van der Waals surface area contributed by atoms with Crippen molar-refractivity contribution in [2.24, 2.45) is 0 Å². The number of hydrogen-bond donors (Lipinski definition) is 1. The monoisotopic (exact) mass is 334 g/mol. The summed E-state index contributed by atoms with van der Waals surface area (Å²) in [5.74, 6) is -0.914. The summed E-state index contributed by atoms with van der Waals surface area (Å²) in [6, 6.07) is 11.0. The van der Waals surface area contributed by atoms with Crippen LogP contribution in [0, 0.1) is 0 Å². The van der Waals surface area contributed by atoms with Crippen molar-refractivity contribution in [1.82, 2.24) is 10.2 Å². The molecule has 0 atom stereocenters. The molecule has 2 aromatic carbocycles. The van der Waals surface area contributed by atoms with E-state index in [1.54, 1.807) is 17.8 Å². The van der Waals surface area contributed by atoms with Crippen LogP contribution in [0.15, 0.2) is 50.0 Å². The number of rotatable bonds is 4. The van der Waals surface area contributed by atoms with Gasteiger partial charge in [-0.3, -0.25) is 0 Å². The largest absolute Gasteiger partial charge is 0.478 e. The molecular weight excluding hydrogens is 324 g/mol. The molecule has 0 aliphatic heterocycles. The highest BCUT2D eigenvalue weighted by molar-refractivity contribution is 8.03. The van der Waals surface area contributed by atoms with E-state index in [9.17, 15) is 9.90 Å². The van der Waals surface area contributed by atoms with E-state index in [0.717, 1.165) is 24.3 Å². The van der Waals surface area contributed by atoms with Crippen LogP contribution in [-0.2, 0) is 0 Å². The smallest absolute Gasteiger partial charge is 0.336 e. The van der Waals surface area contributed by atoms with Gasteiger partial charge in [-0.05, 0) is 29.2 Å². The van der Waals surface area contributed by atoms with Crippen LogP contribution < -0.4 is 0 Å². The molecule has 0 bridgehead atoms. The lowest BCUT2D eigenvalue weighted by Crippen LogP contribution is -1.97. The van der Waals surface area contributed by atoms with Crippen LogP contribution in [0.1, 0.15) is 10.4 Å². The molecular formula is C14H10N2O2S3. The molecule has 3 aromatic rings. The first-order valence-electron chi connectivity index (χ1n) is 5.99. The van der Waals surface area contributed by atoms with Gasteiger partial charge < -0.3 is 5.11 Å². The van der Waals surface area contributed by atoms with Gasteiger partial charge in [-0.2, -0.15) is 0 Å². The third-order valence-electron chi connectivity index (χ3n) is 2.87. The number of aromatic carboxylic acids is 1. The SMILES string of the molecule is CSc1nnc(Sc2ccc(C(=O)O)c3ccccc23)s1. The highest BCUT2D eigenvalue weighted by Crippen LogP contribution is 2.37. The van der Waals surface area contributed by atoms with Crippen LogP contribution in [0.5, 0.6) is 0 Å². The van der Waals surface area contributed by atoms with E-state index >= 15 is 0 Å². The zero-order valence-corrected chi connectivity index (χ0v) is 13.4. The predicted octanol–water partition coefficient (Wildman–Crippen LogP) is 4.26. The van der Waals surface area contributed by atoms with E-state index in [1.807, 2.05) is 36.6 Å². The minimum absolute atomic E-state index is 0.317. The molecule has 0 aliphatic rings. The van der Waals surface area contributed by atoms with E-state index in [1.165, 1.54) is 23.1 Å². The van der Waals surface area contributed by atoms with Crippen LogP contribution in [0.25, 0.3) is 10.8 Å². The maximum Gasteiger partial charge on any atom is 0.336 e. The lowest BCUT2D eigenvalue weighted by molar-refractivity contribution is 0.0699. The summed E-state index contributed by atoms with van der Waals surface area (Å²) in [6.45, 7) is 0. The number of thioether (sulfide) groups is 1. The Morgan fingerprint density at radius 3 is 2.48 bits per heavy atom. The maximum atomic E-state index is 11.3. The Morgan fingerprint density at radius 1 is 1.10 bits per heavy atom. The van der Waals surface area contributed by atoms with Crippen LogP contribution in [0.2, 0.25) is 0 Å². The number of aromatic nitrogens is 2. The average molecular weight is 334 g/mol. The van der Waals surface area contributed by atoms with Crippen LogP contribution >= 0.6 is 34.9 Å². The summed E-state index contributed by atoms with van der Waals surface area (Å²) < 4.78 is 1.77. The second kappa shape index (κ2) is 6.05. The number of hydrogen-bond acceptors (Lipinski definition) is 6. The number of carboxylic acid groups (broad SMARTS) is 1. The van der Waals surface area contributed by atoms with Crippen molar-refractivity contribution < 1.29 is 9.90 Å². The second-order valence-corrected chi connectivity index (χ2v) is 7.42. The molecule has 0 aliphatic carbocycles. The minimum atomic E-state index is -0.914. The molecule has 0 fully saturated rings. The van der Waals surface area contributed by atoms with Crippen molar-refractivity contribution in [2.45, 2.75) is 13.6 Å². The molecule has 0 saturated carbocycles. The van der Waals surface area contributed by atoms with E-state index in [4.69, 9.17) is 0 Å². The van der Waals surface area contributed by atoms with E-state index < -0.39 is 5.97 Å². The highest BCUT2D eigenvalue weighted by atomic mass is 32.2. The van der Waals surface area contributed by atoms with Crippen LogP contribution in [0.4, 0.5) is 0 Å². The van der Waals surface area contributed by atoms with Gasteiger partial charge >= 0.3 is 5.97 Å². The lowest BCUT2D eigenvalue weighted by atomic mass is 10.0. The summed E-state index contributed by atoms with van der Waals surface area (Å²) in [5, 5.41) is 19.1. The van der Waals surface area contributed by atoms with Gasteiger partial charge in [0.2, 0.25) is 0 Å². The Balaban J connectivity index is 2.07. The van der Waals surface area contributed by atoms with Crippen molar-refractivity contribution >= 4 is 51.6 Å². The van der Waals surface area contributed by atoms with Crippen LogP contribution in [-0.4, -0.2) is 27.5 Å². The number of carboxylic acids is 1. The molecule has 0 saturated heterocycles. The summed E-state index contributed by atoms with van der Waals surface area (Å²) >= 11 is 4.61. The van der Waals surface area contributed by atoms with Gasteiger partial charge in [-0.1, -0.05) is 59.1 Å². The topological polar surface area (TPSA) is 63.1 Å². The zero-order chi connectivity index (χ0) is 14.8. The number of carbonyl (C=O) groups is 1. The van der Waals surface area contributed by atoms with Crippen LogP contribution in [0.3, 0.4) is 0 Å². The summed E-state index contributed by atoms with van der Waals surface area (Å²) in [5.41, 5.74) is 0.317. The third kappa shape index (κ3) is 2.90. The van der Waals surface area contributed by atoms with E-state index in [0.29, 0.717) is 5.56 Å². The Hall–Kier alpha value is -1.57. The standard InChI is InChI=1S/C14H10N2O2S3/c1-19-13-15-16-14(21-13)20-11-7-6-10(12(17)18)8-4-2-3-5-9(8)11/h2-7H,1H3,(H,17,18). The predicted molar refractivity (Wildman–Crippen MR) is 86.7 cm³/mol. The van der Waals surface area contributed by atoms with Crippen molar-refractivity contribution in [1.29, 1.82) is 0 Å². The molecule has 1 N–H and O–H groups in total. The quantitative estimate of drug-likeness (QED) is 0.719. The van der Waals surface area contributed by atoms with Gasteiger partial charge in [0, 0.05) is 4.90 Å². The summed E-state index contributed by atoms with van der Waals surface area (Å²) in [4.78, 5) is 12.3. The molecule has 106 valence electrons. The first kappa shape index (κ1) is 14.4. The second-order valence-electron chi connectivity index (χ2n) is 4.10. The normalized spacial score (nSPS) is 10.9. The first-order valence-corrected chi connectivity index (χ1v) is 8.85. The maximum absolute atomic E-state index is 11.3. The van der Waals surface area contributed by atoms with E-state index in [-0.39, 0.29) is 0 Å². The van der Waals surface area contributed by atoms with Crippen molar-refractivity contribution in [3.8, 4) is 0 Å². The van der Waals surface area contributed by atoms with Gasteiger partial charge in [0.05, 0.1) is 5.56 Å². The fourth-order valence-electron chi connectivity index (χ4n) is 1.96. The fourth-order valence-corrected chi connectivity index (χ4v) is 4.49. The minimum Gasteiger partial charge on any atom is -0.478 e. The van der Waals surface area contributed by atoms with Gasteiger partial charge in [-0.25, -0.2) is 4.79 Å². The number of nitrogens with zero attached hydrogens (tertiary/aromatic N) is 2. The third-order valence-corrected chi connectivity index (χ3v) is 5.90. The molecule has 0 spiro atoms. The molecule has 7 heteroatoms. The lowest BCUT2D eigenvalue weighted by Gasteiger charge is -2.07. The van der Waals surface area contributed by atoms with Gasteiger partial charge in [0.1, 0.15) is 0 Å². The molecule has 0 unspecified atom stereocenters. The van der Waals surface area contributed by atoms with Gasteiger partial charge in [0.15, 0.2) is 8.68 Å². The summed E-state index contributed by atoms with van der Waals surface area (Å²) in [7, 11) is 0. The van der Waals surface area contributed by atoms with Crippen molar-refractivity contribution in [3.63, 3.8) is 0 Å². The van der Waals surface area contributed by atoms with Crippen molar-refractivity contribution in [2.75, 3.05) is 6.26 Å². The van der Waals surface area contributed by atoms with E-state index in [2.05, 4.69) is 10.2 Å². The Labute approximate surface area is 133 Å². The molecule has 21 heavy (non-hydrogen) atoms. The number of fused-ring (bicyclic) bond motifs is 1. The Morgan fingerprint density at radius 2 is 1.81 bits per heavy atom. The van der Waals surface area contributed by atoms with Gasteiger partial charge in [0.25, 0.3) is 0 Å². The molecule has 0 amide bonds.